The Bertz CT molecular complexity index is 444. The SMILES string of the molecule is COc1ccc(Br)cc1C(=O)CCN1CCOCC1. The molecular formula is C14H18BrNO3. The maximum atomic E-state index is 12.3. The lowest BCUT2D eigenvalue weighted by Gasteiger charge is -2.26. The van der Waals surface area contributed by atoms with Gasteiger partial charge in [-0.15, -0.1) is 0 Å². The topological polar surface area (TPSA) is 38.8 Å². The molecule has 0 atom stereocenters. The van der Waals surface area contributed by atoms with Gasteiger partial charge in [-0.1, -0.05) is 15.9 Å². The van der Waals surface area contributed by atoms with Gasteiger partial charge < -0.3 is 9.47 Å². The number of carbonyl (C=O) groups excluding carboxylic acids is 1. The average Bonchev–Trinajstić information content (AvgIpc) is 2.46. The Morgan fingerprint density at radius 2 is 2.16 bits per heavy atom. The van der Waals surface area contributed by atoms with Crippen LogP contribution in [-0.4, -0.2) is 50.6 Å². The molecule has 1 fully saturated rings. The van der Waals surface area contributed by atoms with Crippen molar-refractivity contribution in [2.24, 2.45) is 0 Å². The summed E-state index contributed by atoms with van der Waals surface area (Å²) in [5.41, 5.74) is 0.644. The first-order valence-electron chi connectivity index (χ1n) is 6.37. The van der Waals surface area contributed by atoms with Crippen molar-refractivity contribution in [2.75, 3.05) is 40.0 Å². The van der Waals surface area contributed by atoms with Crippen LogP contribution < -0.4 is 4.74 Å². The highest BCUT2D eigenvalue weighted by atomic mass is 79.9. The number of benzene rings is 1. The van der Waals surface area contributed by atoms with Crippen LogP contribution in [0.3, 0.4) is 0 Å². The van der Waals surface area contributed by atoms with E-state index in [4.69, 9.17) is 9.47 Å². The van der Waals surface area contributed by atoms with Crippen molar-refractivity contribution in [3.05, 3.63) is 28.2 Å². The first-order chi connectivity index (χ1) is 9.20. The lowest BCUT2D eigenvalue weighted by atomic mass is 10.1. The Labute approximate surface area is 121 Å². The zero-order valence-electron chi connectivity index (χ0n) is 11.0. The number of hydrogen-bond acceptors (Lipinski definition) is 4. The minimum Gasteiger partial charge on any atom is -0.496 e. The standard InChI is InChI=1S/C14H18BrNO3/c1-18-14-3-2-11(15)10-12(14)13(17)4-5-16-6-8-19-9-7-16/h2-3,10H,4-9H2,1H3. The van der Waals surface area contributed by atoms with Crippen LogP contribution in [0.1, 0.15) is 16.8 Å². The van der Waals surface area contributed by atoms with Gasteiger partial charge in [0.05, 0.1) is 25.9 Å². The summed E-state index contributed by atoms with van der Waals surface area (Å²) in [6.07, 6.45) is 0.507. The van der Waals surface area contributed by atoms with Crippen molar-refractivity contribution in [1.82, 2.24) is 4.90 Å². The zero-order valence-corrected chi connectivity index (χ0v) is 12.6. The molecular weight excluding hydrogens is 310 g/mol. The van der Waals surface area contributed by atoms with E-state index in [1.807, 2.05) is 18.2 Å². The fraction of sp³-hybridized carbons (Fsp3) is 0.500. The van der Waals surface area contributed by atoms with Crippen molar-refractivity contribution >= 4 is 21.7 Å². The van der Waals surface area contributed by atoms with Crippen LogP contribution in [0.2, 0.25) is 0 Å². The Kier molecular flexibility index (Phi) is 5.36. The summed E-state index contributed by atoms with van der Waals surface area (Å²) in [7, 11) is 1.59. The number of rotatable bonds is 5. The summed E-state index contributed by atoms with van der Waals surface area (Å²) in [5.74, 6) is 0.750. The number of Topliss-reactive ketones (excluding diaryl/α,β-unsaturated/α-hetero) is 1. The first-order valence-corrected chi connectivity index (χ1v) is 7.17. The van der Waals surface area contributed by atoms with Crippen LogP contribution in [0.15, 0.2) is 22.7 Å². The van der Waals surface area contributed by atoms with Gasteiger partial charge in [-0.3, -0.25) is 9.69 Å². The van der Waals surface area contributed by atoms with Gasteiger partial charge in [0.25, 0.3) is 0 Å². The molecule has 1 aliphatic rings. The van der Waals surface area contributed by atoms with Crippen LogP contribution in [-0.2, 0) is 4.74 Å². The molecule has 1 aromatic rings. The summed E-state index contributed by atoms with van der Waals surface area (Å²) in [6, 6.07) is 5.50. The molecule has 0 aliphatic carbocycles. The fourth-order valence-electron chi connectivity index (χ4n) is 2.12. The number of hydrogen-bond donors (Lipinski definition) is 0. The van der Waals surface area contributed by atoms with E-state index in [0.717, 1.165) is 37.3 Å². The minimum atomic E-state index is 0.115. The number of carbonyl (C=O) groups is 1. The molecule has 2 rings (SSSR count). The number of halogens is 1. The van der Waals surface area contributed by atoms with E-state index in [9.17, 15) is 4.79 Å². The largest absolute Gasteiger partial charge is 0.496 e. The predicted octanol–water partition coefficient (Wildman–Crippen LogP) is 2.36. The molecule has 0 N–H and O–H groups in total. The molecule has 104 valence electrons. The van der Waals surface area contributed by atoms with E-state index < -0.39 is 0 Å². The Morgan fingerprint density at radius 3 is 2.84 bits per heavy atom. The summed E-state index contributed by atoms with van der Waals surface area (Å²) in [5, 5.41) is 0. The Morgan fingerprint density at radius 1 is 1.42 bits per heavy atom. The molecule has 1 aliphatic heterocycles. The summed E-state index contributed by atoms with van der Waals surface area (Å²) in [4.78, 5) is 14.5. The van der Waals surface area contributed by atoms with Gasteiger partial charge in [0.15, 0.2) is 5.78 Å². The lowest BCUT2D eigenvalue weighted by Crippen LogP contribution is -2.37. The van der Waals surface area contributed by atoms with Gasteiger partial charge in [-0.25, -0.2) is 0 Å². The van der Waals surface area contributed by atoms with Crippen LogP contribution in [0.5, 0.6) is 5.75 Å². The van der Waals surface area contributed by atoms with E-state index in [0.29, 0.717) is 17.7 Å². The van der Waals surface area contributed by atoms with E-state index in [-0.39, 0.29) is 5.78 Å². The normalized spacial score (nSPS) is 16.3. The molecule has 1 heterocycles. The second-order valence-corrected chi connectivity index (χ2v) is 5.39. The third-order valence-corrected chi connectivity index (χ3v) is 3.71. The van der Waals surface area contributed by atoms with Crippen LogP contribution in [0.25, 0.3) is 0 Å². The van der Waals surface area contributed by atoms with E-state index in [1.54, 1.807) is 7.11 Å². The summed E-state index contributed by atoms with van der Waals surface area (Å²) >= 11 is 3.39. The van der Waals surface area contributed by atoms with Crippen molar-refractivity contribution in [1.29, 1.82) is 0 Å². The Balaban J connectivity index is 1.97. The fourth-order valence-corrected chi connectivity index (χ4v) is 2.48. The maximum Gasteiger partial charge on any atom is 0.167 e. The monoisotopic (exact) mass is 327 g/mol. The minimum absolute atomic E-state index is 0.115. The average molecular weight is 328 g/mol. The highest BCUT2D eigenvalue weighted by Gasteiger charge is 2.16. The second-order valence-electron chi connectivity index (χ2n) is 4.47. The number of morpholine rings is 1. The van der Waals surface area contributed by atoms with Crippen LogP contribution >= 0.6 is 15.9 Å². The predicted molar refractivity (Wildman–Crippen MR) is 76.9 cm³/mol. The van der Waals surface area contributed by atoms with Gasteiger partial charge in [0.2, 0.25) is 0 Å². The number of methoxy groups -OCH3 is 1. The molecule has 1 saturated heterocycles. The van der Waals surface area contributed by atoms with Crippen LogP contribution in [0, 0.1) is 0 Å². The summed E-state index contributed by atoms with van der Waals surface area (Å²) < 4.78 is 11.4. The van der Waals surface area contributed by atoms with Crippen molar-refractivity contribution in [2.45, 2.75) is 6.42 Å². The molecule has 1 aromatic carbocycles. The zero-order chi connectivity index (χ0) is 13.7. The summed E-state index contributed by atoms with van der Waals surface area (Å²) in [6.45, 7) is 4.10. The second kappa shape index (κ2) is 7.03. The number of ketones is 1. The van der Waals surface area contributed by atoms with E-state index in [1.165, 1.54) is 0 Å². The van der Waals surface area contributed by atoms with Gasteiger partial charge in [0, 0.05) is 30.5 Å². The molecule has 19 heavy (non-hydrogen) atoms. The third kappa shape index (κ3) is 4.03. The van der Waals surface area contributed by atoms with E-state index in [2.05, 4.69) is 20.8 Å². The first kappa shape index (κ1) is 14.5. The van der Waals surface area contributed by atoms with Gasteiger partial charge >= 0.3 is 0 Å². The quantitative estimate of drug-likeness (QED) is 0.778. The van der Waals surface area contributed by atoms with Gasteiger partial charge in [0.1, 0.15) is 5.75 Å². The molecule has 0 spiro atoms. The van der Waals surface area contributed by atoms with Crippen LogP contribution in [0.4, 0.5) is 0 Å². The molecule has 0 saturated carbocycles. The van der Waals surface area contributed by atoms with Crippen molar-refractivity contribution < 1.29 is 14.3 Å². The molecule has 0 aromatic heterocycles. The highest BCUT2D eigenvalue weighted by molar-refractivity contribution is 9.10. The van der Waals surface area contributed by atoms with Gasteiger partial charge in [-0.05, 0) is 18.2 Å². The Hall–Kier alpha value is -0.910. The molecule has 0 amide bonds. The van der Waals surface area contributed by atoms with E-state index >= 15 is 0 Å². The molecule has 0 bridgehead atoms. The van der Waals surface area contributed by atoms with Gasteiger partial charge in [-0.2, -0.15) is 0 Å². The third-order valence-electron chi connectivity index (χ3n) is 3.22. The number of ether oxygens (including phenoxy) is 2. The molecule has 4 nitrogen and oxygen atoms in total. The van der Waals surface area contributed by atoms with Crippen molar-refractivity contribution in [3.8, 4) is 5.75 Å². The molecule has 0 radical (unpaired) electrons. The maximum absolute atomic E-state index is 12.3. The number of nitrogens with zero attached hydrogens (tertiary/aromatic N) is 1. The smallest absolute Gasteiger partial charge is 0.167 e. The van der Waals surface area contributed by atoms with Crippen molar-refractivity contribution in [3.63, 3.8) is 0 Å². The lowest BCUT2D eigenvalue weighted by molar-refractivity contribution is 0.0370. The molecule has 0 unspecified atom stereocenters. The highest BCUT2D eigenvalue weighted by Crippen LogP contribution is 2.24. The molecule has 5 heteroatoms.